The Hall–Kier alpha value is -3.08. The molecule has 0 fully saturated rings. The van der Waals surface area contributed by atoms with E-state index in [0.29, 0.717) is 5.69 Å². The number of carbonyl (C=O) groups is 2. The summed E-state index contributed by atoms with van der Waals surface area (Å²) in [5.41, 5.74) is 2.29. The Balaban J connectivity index is 1.83. The fourth-order valence-corrected chi connectivity index (χ4v) is 2.87. The first kappa shape index (κ1) is 15.8. The predicted molar refractivity (Wildman–Crippen MR) is 92.1 cm³/mol. The van der Waals surface area contributed by atoms with E-state index < -0.39 is 0 Å². The number of amides is 2. The van der Waals surface area contributed by atoms with E-state index in [2.05, 4.69) is 5.32 Å². The van der Waals surface area contributed by atoms with Crippen LogP contribution in [0.5, 0.6) is 5.75 Å². The zero-order valence-corrected chi connectivity index (χ0v) is 13.3. The number of hydrogen-bond donors (Lipinski definition) is 2. The number of nitrogens with zero attached hydrogens (tertiary/aromatic N) is 1. The third-order valence-electron chi connectivity index (χ3n) is 4.03. The highest BCUT2D eigenvalue weighted by molar-refractivity contribution is 5.93. The fraction of sp³-hybridized carbons (Fsp3) is 0.158. The van der Waals surface area contributed by atoms with Crippen molar-refractivity contribution in [2.45, 2.75) is 19.4 Å². The van der Waals surface area contributed by atoms with Crippen LogP contribution in [0.15, 0.2) is 54.7 Å². The van der Waals surface area contributed by atoms with E-state index in [1.165, 1.54) is 13.0 Å². The number of fused-ring (bicyclic) bond motifs is 1. The Morgan fingerprint density at radius 1 is 1.12 bits per heavy atom. The Labute approximate surface area is 140 Å². The van der Waals surface area contributed by atoms with Gasteiger partial charge in [-0.05, 0) is 29.3 Å². The third-order valence-corrected chi connectivity index (χ3v) is 4.03. The van der Waals surface area contributed by atoms with Crippen molar-refractivity contribution in [3.8, 4) is 5.75 Å². The summed E-state index contributed by atoms with van der Waals surface area (Å²) in [7, 11) is 0. The molecule has 0 unspecified atom stereocenters. The molecule has 0 spiro atoms. The van der Waals surface area contributed by atoms with Crippen LogP contribution in [0.2, 0.25) is 0 Å². The van der Waals surface area contributed by atoms with E-state index in [4.69, 9.17) is 0 Å². The molecule has 3 rings (SSSR count). The van der Waals surface area contributed by atoms with Crippen LogP contribution in [0.4, 0.5) is 5.69 Å². The number of aromatic hydroxyl groups is 1. The van der Waals surface area contributed by atoms with Gasteiger partial charge in [0.15, 0.2) is 0 Å². The number of anilines is 1. The number of hydrogen-bond acceptors (Lipinski definition) is 3. The Bertz CT molecular complexity index is 814. The summed E-state index contributed by atoms with van der Waals surface area (Å²) in [5.74, 6) is -0.378. The predicted octanol–water partition coefficient (Wildman–Crippen LogP) is 3.29. The number of rotatable bonds is 3. The van der Waals surface area contributed by atoms with Crippen molar-refractivity contribution in [2.24, 2.45) is 0 Å². The second kappa shape index (κ2) is 6.58. The minimum absolute atomic E-state index is 0.0122. The van der Waals surface area contributed by atoms with Crippen molar-refractivity contribution < 1.29 is 14.7 Å². The summed E-state index contributed by atoms with van der Waals surface area (Å²) in [6.07, 6.45) is 3.69. The monoisotopic (exact) mass is 322 g/mol. The molecule has 0 bridgehead atoms. The van der Waals surface area contributed by atoms with Gasteiger partial charge in [0, 0.05) is 13.1 Å². The molecule has 5 nitrogen and oxygen atoms in total. The first-order valence-corrected chi connectivity index (χ1v) is 7.70. The first-order valence-electron chi connectivity index (χ1n) is 7.70. The molecule has 1 aliphatic rings. The summed E-state index contributed by atoms with van der Waals surface area (Å²) in [6.45, 7) is 1.48. The molecule has 24 heavy (non-hydrogen) atoms. The summed E-state index contributed by atoms with van der Waals surface area (Å²) in [6, 6.07) is 13.9. The molecule has 2 amide bonds. The van der Waals surface area contributed by atoms with Crippen LogP contribution < -0.4 is 5.32 Å². The molecule has 1 aliphatic heterocycles. The molecular formula is C19H18N2O3. The highest BCUT2D eigenvalue weighted by atomic mass is 16.3. The Kier molecular flexibility index (Phi) is 4.33. The van der Waals surface area contributed by atoms with E-state index >= 15 is 0 Å². The quantitative estimate of drug-likeness (QED) is 0.852. The molecule has 122 valence electrons. The summed E-state index contributed by atoms with van der Waals surface area (Å²) in [4.78, 5) is 25.9. The molecule has 1 atom stereocenters. The summed E-state index contributed by atoms with van der Waals surface area (Å²) in [5, 5.41) is 12.5. The number of benzene rings is 2. The third kappa shape index (κ3) is 3.15. The van der Waals surface area contributed by atoms with Crippen molar-refractivity contribution >= 4 is 23.6 Å². The number of nitrogens with one attached hydrogen (secondary N) is 1. The summed E-state index contributed by atoms with van der Waals surface area (Å²) < 4.78 is 0. The highest BCUT2D eigenvalue weighted by Crippen LogP contribution is 2.33. The van der Waals surface area contributed by atoms with Gasteiger partial charge in [0.25, 0.3) is 0 Å². The van der Waals surface area contributed by atoms with Crippen LogP contribution >= 0.6 is 0 Å². The van der Waals surface area contributed by atoms with Crippen molar-refractivity contribution in [3.63, 3.8) is 0 Å². The number of para-hydroxylation sites is 2. The zero-order valence-electron chi connectivity index (χ0n) is 13.3. The normalized spacial score (nSPS) is 15.7. The van der Waals surface area contributed by atoms with Gasteiger partial charge in [-0.15, -0.1) is 0 Å². The van der Waals surface area contributed by atoms with Gasteiger partial charge in [-0.2, -0.15) is 0 Å². The molecule has 2 aromatic rings. The zero-order chi connectivity index (χ0) is 17.1. The average molecular weight is 322 g/mol. The van der Waals surface area contributed by atoms with Gasteiger partial charge in [-0.25, -0.2) is 0 Å². The highest BCUT2D eigenvalue weighted by Gasteiger charge is 2.28. The lowest BCUT2D eigenvalue weighted by Gasteiger charge is -2.32. The summed E-state index contributed by atoms with van der Waals surface area (Å²) >= 11 is 0. The van der Waals surface area contributed by atoms with Crippen LogP contribution in [0.25, 0.3) is 6.08 Å². The van der Waals surface area contributed by atoms with E-state index in [1.54, 1.807) is 29.3 Å². The lowest BCUT2D eigenvalue weighted by Crippen LogP contribution is -2.33. The van der Waals surface area contributed by atoms with Crippen LogP contribution in [-0.2, 0) is 9.59 Å². The van der Waals surface area contributed by atoms with Gasteiger partial charge in [0.1, 0.15) is 5.75 Å². The second-order valence-electron chi connectivity index (χ2n) is 5.66. The molecule has 0 saturated heterocycles. The Morgan fingerprint density at radius 2 is 1.83 bits per heavy atom. The van der Waals surface area contributed by atoms with E-state index in [-0.39, 0.29) is 30.0 Å². The molecule has 0 aromatic heterocycles. The van der Waals surface area contributed by atoms with Gasteiger partial charge in [-0.1, -0.05) is 36.4 Å². The first-order chi connectivity index (χ1) is 11.6. The van der Waals surface area contributed by atoms with Crippen molar-refractivity contribution in [1.29, 1.82) is 0 Å². The minimum Gasteiger partial charge on any atom is -0.506 e. The topological polar surface area (TPSA) is 69.6 Å². The fourth-order valence-electron chi connectivity index (χ4n) is 2.87. The van der Waals surface area contributed by atoms with Gasteiger partial charge in [0.05, 0.1) is 18.2 Å². The lowest BCUT2D eigenvalue weighted by molar-refractivity contribution is -0.129. The maximum absolute atomic E-state index is 12.4. The standard InChI is InChI=1S/C19H18N2O3/c1-13(22)21-11-10-14-6-2-3-7-15(14)17(21)12-19(24)20-16-8-4-5-9-18(16)23/h2-11,17,23H,12H2,1H3,(H,20,24)/t17-/m0/s1. The van der Waals surface area contributed by atoms with Crippen LogP contribution in [0, 0.1) is 0 Å². The molecule has 2 N–H and O–H groups in total. The number of phenols is 1. The molecule has 5 heteroatoms. The molecule has 1 heterocycles. The molecule has 0 radical (unpaired) electrons. The van der Waals surface area contributed by atoms with Crippen LogP contribution in [0.3, 0.4) is 0 Å². The van der Waals surface area contributed by atoms with Crippen LogP contribution in [-0.4, -0.2) is 21.8 Å². The molecule has 0 saturated carbocycles. The van der Waals surface area contributed by atoms with Crippen molar-refractivity contribution in [1.82, 2.24) is 4.90 Å². The van der Waals surface area contributed by atoms with E-state index in [1.807, 2.05) is 30.3 Å². The van der Waals surface area contributed by atoms with E-state index in [0.717, 1.165) is 11.1 Å². The van der Waals surface area contributed by atoms with Crippen LogP contribution in [0.1, 0.15) is 30.5 Å². The van der Waals surface area contributed by atoms with Crippen molar-refractivity contribution in [3.05, 3.63) is 65.9 Å². The smallest absolute Gasteiger partial charge is 0.226 e. The Morgan fingerprint density at radius 3 is 2.58 bits per heavy atom. The van der Waals surface area contributed by atoms with Crippen molar-refractivity contribution in [2.75, 3.05) is 5.32 Å². The number of carbonyl (C=O) groups excluding carboxylic acids is 2. The molecule has 0 aliphatic carbocycles. The minimum atomic E-state index is -0.366. The van der Waals surface area contributed by atoms with Gasteiger partial charge >= 0.3 is 0 Å². The molecular weight excluding hydrogens is 304 g/mol. The van der Waals surface area contributed by atoms with E-state index in [9.17, 15) is 14.7 Å². The molecule has 2 aromatic carbocycles. The maximum Gasteiger partial charge on any atom is 0.226 e. The SMILES string of the molecule is CC(=O)N1C=Cc2ccccc2[C@@H]1CC(=O)Nc1ccccc1O. The largest absolute Gasteiger partial charge is 0.506 e. The van der Waals surface area contributed by atoms with Gasteiger partial charge < -0.3 is 15.3 Å². The number of phenolic OH excluding ortho intramolecular Hbond substituents is 1. The lowest BCUT2D eigenvalue weighted by atomic mass is 9.93. The maximum atomic E-state index is 12.4. The average Bonchev–Trinajstić information content (AvgIpc) is 2.57. The second-order valence-corrected chi connectivity index (χ2v) is 5.66. The van der Waals surface area contributed by atoms with Gasteiger partial charge in [0.2, 0.25) is 11.8 Å². The van der Waals surface area contributed by atoms with Gasteiger partial charge in [-0.3, -0.25) is 9.59 Å².